The summed E-state index contributed by atoms with van der Waals surface area (Å²) >= 11 is 3.39. The van der Waals surface area contributed by atoms with Crippen molar-refractivity contribution in [3.63, 3.8) is 0 Å². The number of rotatable bonds is 7. The lowest BCUT2D eigenvalue weighted by atomic mass is 9.94. The van der Waals surface area contributed by atoms with Crippen LogP contribution in [0.1, 0.15) is 22.7 Å². The summed E-state index contributed by atoms with van der Waals surface area (Å²) in [4.78, 5) is 31.5. The zero-order valence-corrected chi connectivity index (χ0v) is 21.9. The smallest absolute Gasteiger partial charge is 0.295 e. The number of H-pyrrole nitrogens is 1. The van der Waals surface area contributed by atoms with Crippen LogP contribution in [0.2, 0.25) is 0 Å². The van der Waals surface area contributed by atoms with Gasteiger partial charge in [0.1, 0.15) is 17.3 Å². The molecule has 7 nitrogen and oxygen atoms in total. The van der Waals surface area contributed by atoms with Gasteiger partial charge in [0.15, 0.2) is 0 Å². The Morgan fingerprint density at radius 1 is 1.03 bits per heavy atom. The van der Waals surface area contributed by atoms with Gasteiger partial charge in [-0.3, -0.25) is 9.59 Å². The van der Waals surface area contributed by atoms with Crippen LogP contribution < -0.4 is 9.47 Å². The van der Waals surface area contributed by atoms with Gasteiger partial charge in [0.05, 0.1) is 25.8 Å². The van der Waals surface area contributed by atoms with Gasteiger partial charge < -0.3 is 24.5 Å². The highest BCUT2D eigenvalue weighted by molar-refractivity contribution is 9.10. The third kappa shape index (κ3) is 4.49. The van der Waals surface area contributed by atoms with Crippen molar-refractivity contribution in [3.05, 3.63) is 99.7 Å². The van der Waals surface area contributed by atoms with E-state index in [0.29, 0.717) is 23.3 Å². The van der Waals surface area contributed by atoms with Gasteiger partial charge in [-0.15, -0.1) is 0 Å². The molecule has 1 aliphatic rings. The number of aromatic nitrogens is 1. The Kier molecular flexibility index (Phi) is 6.76. The van der Waals surface area contributed by atoms with Crippen molar-refractivity contribution in [2.75, 3.05) is 20.8 Å². The predicted molar refractivity (Wildman–Crippen MR) is 145 cm³/mol. The number of Topliss-reactive ketones (excluding diaryl/α,β-unsaturated/α-hetero) is 1. The molecule has 2 heterocycles. The molecule has 1 fully saturated rings. The summed E-state index contributed by atoms with van der Waals surface area (Å²) in [5.74, 6) is -0.347. The number of methoxy groups -OCH3 is 2. The van der Waals surface area contributed by atoms with Gasteiger partial charge in [0.2, 0.25) is 0 Å². The predicted octanol–water partition coefficient (Wildman–Crippen LogP) is 5.61. The van der Waals surface area contributed by atoms with E-state index in [2.05, 4.69) is 20.9 Å². The number of aromatic amines is 1. The van der Waals surface area contributed by atoms with Crippen LogP contribution in [0.15, 0.2) is 83.0 Å². The van der Waals surface area contributed by atoms with E-state index in [4.69, 9.17) is 9.47 Å². The first-order valence-corrected chi connectivity index (χ1v) is 12.5. The average molecular weight is 561 g/mol. The zero-order chi connectivity index (χ0) is 26.1. The van der Waals surface area contributed by atoms with Crippen molar-refractivity contribution in [1.29, 1.82) is 0 Å². The molecule has 1 saturated heterocycles. The molecule has 0 saturated carbocycles. The number of halogens is 1. The van der Waals surface area contributed by atoms with Gasteiger partial charge >= 0.3 is 0 Å². The molecule has 0 bridgehead atoms. The Hall–Kier alpha value is -4.04. The van der Waals surface area contributed by atoms with Crippen LogP contribution in [0, 0.1) is 0 Å². The van der Waals surface area contributed by atoms with Gasteiger partial charge in [-0.05, 0) is 48.4 Å². The molecule has 2 N–H and O–H groups in total. The number of fused-ring (bicyclic) bond motifs is 1. The van der Waals surface area contributed by atoms with Crippen LogP contribution in [0.3, 0.4) is 0 Å². The lowest BCUT2D eigenvalue weighted by molar-refractivity contribution is -0.139. The summed E-state index contributed by atoms with van der Waals surface area (Å²) < 4.78 is 11.8. The fourth-order valence-corrected chi connectivity index (χ4v) is 5.09. The van der Waals surface area contributed by atoms with Crippen LogP contribution >= 0.6 is 15.9 Å². The molecule has 37 heavy (non-hydrogen) atoms. The van der Waals surface area contributed by atoms with Crippen LogP contribution in [0.25, 0.3) is 16.7 Å². The second kappa shape index (κ2) is 10.1. The number of likely N-dealkylation sites (tertiary alicyclic amines) is 1. The Morgan fingerprint density at radius 3 is 2.51 bits per heavy atom. The Balaban J connectivity index is 1.58. The molecule has 1 aromatic heterocycles. The Morgan fingerprint density at radius 2 is 1.78 bits per heavy atom. The van der Waals surface area contributed by atoms with E-state index < -0.39 is 17.7 Å². The fourth-order valence-electron chi connectivity index (χ4n) is 4.82. The molecular weight excluding hydrogens is 536 g/mol. The number of carbonyl (C=O) groups excluding carboxylic acids is 2. The summed E-state index contributed by atoms with van der Waals surface area (Å²) in [6.45, 7) is 0.259. The molecule has 5 rings (SSSR count). The van der Waals surface area contributed by atoms with E-state index in [0.717, 1.165) is 26.7 Å². The van der Waals surface area contributed by atoms with Gasteiger partial charge in [-0.25, -0.2) is 0 Å². The minimum atomic E-state index is -0.806. The summed E-state index contributed by atoms with van der Waals surface area (Å²) in [5, 5.41) is 12.3. The number of para-hydroxylation sites is 1. The maximum Gasteiger partial charge on any atom is 0.295 e. The van der Waals surface area contributed by atoms with Crippen LogP contribution in [-0.4, -0.2) is 47.4 Å². The Labute approximate surface area is 222 Å². The second-order valence-electron chi connectivity index (χ2n) is 8.72. The third-order valence-electron chi connectivity index (χ3n) is 6.69. The van der Waals surface area contributed by atoms with Gasteiger partial charge in [-0.1, -0.05) is 46.3 Å². The molecule has 4 aromatic rings. The standard InChI is InChI=1S/C29H25BrN2O5/c1-36-20-11-12-23-22(15-20)18(16-31-23)13-14-32-26(21-5-3-4-6-24(21)37-2)25(28(34)29(32)35)27(33)17-7-9-19(30)10-8-17/h3-12,15-16,26,31,33H,13-14H2,1-2H3/t26-/m0/s1. The number of nitrogens with one attached hydrogen (secondary N) is 1. The fraction of sp³-hybridized carbons (Fsp3) is 0.172. The van der Waals surface area contributed by atoms with Gasteiger partial charge in [0.25, 0.3) is 11.7 Å². The van der Waals surface area contributed by atoms with Gasteiger partial charge in [-0.2, -0.15) is 0 Å². The number of amides is 1. The number of hydrogen-bond acceptors (Lipinski definition) is 5. The van der Waals surface area contributed by atoms with E-state index >= 15 is 0 Å². The largest absolute Gasteiger partial charge is 0.507 e. The van der Waals surface area contributed by atoms with Crippen molar-refractivity contribution in [3.8, 4) is 11.5 Å². The summed E-state index contributed by atoms with van der Waals surface area (Å²) in [5.41, 5.74) is 3.06. The lowest BCUT2D eigenvalue weighted by Gasteiger charge is -2.26. The number of ketones is 1. The topological polar surface area (TPSA) is 91.9 Å². The maximum atomic E-state index is 13.4. The second-order valence-corrected chi connectivity index (χ2v) is 9.63. The number of carbonyl (C=O) groups is 2. The minimum absolute atomic E-state index is 0.0393. The van der Waals surface area contributed by atoms with Crippen molar-refractivity contribution < 1.29 is 24.2 Å². The molecular formula is C29H25BrN2O5. The lowest BCUT2D eigenvalue weighted by Crippen LogP contribution is -2.31. The first-order valence-electron chi connectivity index (χ1n) is 11.7. The molecule has 3 aromatic carbocycles. The molecule has 1 aliphatic heterocycles. The summed E-state index contributed by atoms with van der Waals surface area (Å²) in [6.07, 6.45) is 2.39. The van der Waals surface area contributed by atoms with Crippen molar-refractivity contribution in [1.82, 2.24) is 9.88 Å². The molecule has 188 valence electrons. The van der Waals surface area contributed by atoms with Crippen molar-refractivity contribution in [2.45, 2.75) is 12.5 Å². The van der Waals surface area contributed by atoms with E-state index in [9.17, 15) is 14.7 Å². The third-order valence-corrected chi connectivity index (χ3v) is 7.22. The molecule has 0 radical (unpaired) electrons. The van der Waals surface area contributed by atoms with Crippen LogP contribution in [0.5, 0.6) is 11.5 Å². The first kappa shape index (κ1) is 24.6. The molecule has 1 atom stereocenters. The number of hydrogen-bond donors (Lipinski definition) is 2. The number of benzene rings is 3. The number of aliphatic hydroxyl groups excluding tert-OH is 1. The SMILES string of the molecule is COc1ccc2[nH]cc(CCN3C(=O)C(=O)C(=C(O)c4ccc(Br)cc4)[C@@H]3c3ccccc3OC)c2c1. The normalized spacial score (nSPS) is 16.9. The monoisotopic (exact) mass is 560 g/mol. The summed E-state index contributed by atoms with van der Waals surface area (Å²) in [7, 11) is 3.16. The highest BCUT2D eigenvalue weighted by Crippen LogP contribution is 2.43. The minimum Gasteiger partial charge on any atom is -0.507 e. The highest BCUT2D eigenvalue weighted by Gasteiger charge is 2.46. The quantitative estimate of drug-likeness (QED) is 0.174. The number of nitrogens with zero attached hydrogens (tertiary/aromatic N) is 1. The highest BCUT2D eigenvalue weighted by atomic mass is 79.9. The maximum absolute atomic E-state index is 13.4. The average Bonchev–Trinajstić information content (AvgIpc) is 3.44. The van der Waals surface area contributed by atoms with Crippen LogP contribution in [0.4, 0.5) is 0 Å². The Bertz CT molecular complexity index is 1520. The zero-order valence-electron chi connectivity index (χ0n) is 20.3. The van der Waals surface area contributed by atoms with Crippen molar-refractivity contribution >= 4 is 44.3 Å². The van der Waals surface area contributed by atoms with E-state index in [1.807, 2.05) is 42.6 Å². The molecule has 0 spiro atoms. The van der Waals surface area contributed by atoms with Crippen LogP contribution in [-0.2, 0) is 16.0 Å². The summed E-state index contributed by atoms with van der Waals surface area (Å²) in [6, 6.07) is 19.1. The first-order chi connectivity index (χ1) is 17.9. The van der Waals surface area contributed by atoms with Gasteiger partial charge in [0, 0.05) is 39.2 Å². The van der Waals surface area contributed by atoms with E-state index in [1.165, 1.54) is 4.90 Å². The van der Waals surface area contributed by atoms with E-state index in [-0.39, 0.29) is 17.9 Å². The van der Waals surface area contributed by atoms with E-state index in [1.54, 1.807) is 44.6 Å². The number of ether oxygens (including phenoxy) is 2. The molecule has 1 amide bonds. The molecule has 0 aliphatic carbocycles. The number of aliphatic hydroxyl groups is 1. The molecule has 8 heteroatoms. The molecule has 0 unspecified atom stereocenters. The van der Waals surface area contributed by atoms with Crippen molar-refractivity contribution in [2.24, 2.45) is 0 Å².